The van der Waals surface area contributed by atoms with Crippen LogP contribution in [0.4, 0.5) is 0 Å². The summed E-state index contributed by atoms with van der Waals surface area (Å²) in [5.41, 5.74) is 0.448. The Kier molecular flexibility index (Phi) is 5.46. The fraction of sp³-hybridized carbons (Fsp3) is 1.00. The minimum atomic E-state index is -0.174. The molecule has 1 heterocycles. The number of aliphatic hydroxyl groups excluding tert-OH is 1. The Hall–Kier alpha value is -0.0800. The Morgan fingerprint density at radius 3 is 2.35 bits per heavy atom. The molecule has 0 aromatic heterocycles. The van der Waals surface area contributed by atoms with E-state index in [0.717, 1.165) is 12.3 Å². The minimum Gasteiger partial charge on any atom is -0.393 e. The van der Waals surface area contributed by atoms with Crippen LogP contribution in [0.5, 0.6) is 0 Å². The second-order valence-electron chi connectivity index (χ2n) is 6.96. The van der Waals surface area contributed by atoms with Gasteiger partial charge in [0.15, 0.2) is 0 Å². The number of likely N-dealkylation sites (tertiary alicyclic amines) is 1. The molecule has 0 saturated carbocycles. The van der Waals surface area contributed by atoms with Gasteiger partial charge >= 0.3 is 0 Å². The first-order chi connectivity index (χ1) is 7.80. The van der Waals surface area contributed by atoms with Crippen molar-refractivity contribution in [2.75, 3.05) is 13.1 Å². The smallest absolute Gasteiger partial charge is 0.0526 e. The second-order valence-corrected chi connectivity index (χ2v) is 6.96. The van der Waals surface area contributed by atoms with Gasteiger partial charge in [0.05, 0.1) is 6.10 Å². The third kappa shape index (κ3) is 4.97. The van der Waals surface area contributed by atoms with Gasteiger partial charge in [0.2, 0.25) is 0 Å². The van der Waals surface area contributed by atoms with Crippen molar-refractivity contribution >= 4 is 0 Å². The first-order valence-electron chi connectivity index (χ1n) is 7.23. The zero-order valence-electron chi connectivity index (χ0n) is 12.4. The second kappa shape index (κ2) is 6.19. The van der Waals surface area contributed by atoms with Crippen molar-refractivity contribution in [3.05, 3.63) is 0 Å². The van der Waals surface area contributed by atoms with Crippen LogP contribution in [0.1, 0.15) is 60.3 Å². The Morgan fingerprint density at radius 1 is 1.18 bits per heavy atom. The topological polar surface area (TPSA) is 23.5 Å². The highest BCUT2D eigenvalue weighted by Crippen LogP contribution is 2.34. The molecule has 0 aliphatic carbocycles. The molecule has 102 valence electrons. The van der Waals surface area contributed by atoms with Gasteiger partial charge in [0, 0.05) is 6.04 Å². The van der Waals surface area contributed by atoms with Crippen LogP contribution in [0.15, 0.2) is 0 Å². The van der Waals surface area contributed by atoms with Crippen LogP contribution < -0.4 is 0 Å². The van der Waals surface area contributed by atoms with Crippen LogP contribution in [0.3, 0.4) is 0 Å². The molecular formula is C15H31NO. The third-order valence-corrected chi connectivity index (χ3v) is 4.29. The van der Waals surface area contributed by atoms with Gasteiger partial charge in [-0.1, -0.05) is 20.8 Å². The van der Waals surface area contributed by atoms with Crippen molar-refractivity contribution in [3.63, 3.8) is 0 Å². The molecule has 17 heavy (non-hydrogen) atoms. The zero-order chi connectivity index (χ0) is 13.1. The molecule has 1 fully saturated rings. The standard InChI is InChI=1S/C15H31NO/c1-12(11-13(2)17)16-9-6-7-14(8-10-16)15(3,4)5/h12-14,17H,6-11H2,1-5H3. The number of nitrogens with zero attached hydrogens (tertiary/aromatic N) is 1. The summed E-state index contributed by atoms with van der Waals surface area (Å²) in [6.07, 6.45) is 4.72. The maximum absolute atomic E-state index is 9.48. The third-order valence-electron chi connectivity index (χ3n) is 4.29. The Labute approximate surface area is 107 Å². The Balaban J connectivity index is 2.47. The van der Waals surface area contributed by atoms with E-state index < -0.39 is 0 Å². The van der Waals surface area contributed by atoms with E-state index >= 15 is 0 Å². The van der Waals surface area contributed by atoms with E-state index in [9.17, 15) is 5.11 Å². The lowest BCUT2D eigenvalue weighted by atomic mass is 9.77. The van der Waals surface area contributed by atoms with Gasteiger partial charge in [-0.3, -0.25) is 0 Å². The fourth-order valence-electron chi connectivity index (χ4n) is 3.07. The summed E-state index contributed by atoms with van der Waals surface area (Å²) in [5.74, 6) is 0.853. The normalized spacial score (nSPS) is 27.5. The number of hydrogen-bond donors (Lipinski definition) is 1. The van der Waals surface area contributed by atoms with Gasteiger partial charge in [-0.15, -0.1) is 0 Å². The lowest BCUT2D eigenvalue weighted by molar-refractivity contribution is 0.119. The number of aliphatic hydroxyl groups is 1. The fourth-order valence-corrected chi connectivity index (χ4v) is 3.07. The summed E-state index contributed by atoms with van der Waals surface area (Å²) < 4.78 is 0. The van der Waals surface area contributed by atoms with Gasteiger partial charge in [-0.25, -0.2) is 0 Å². The molecule has 3 unspecified atom stereocenters. The molecular weight excluding hydrogens is 210 g/mol. The largest absolute Gasteiger partial charge is 0.393 e. The predicted molar refractivity (Wildman–Crippen MR) is 74.1 cm³/mol. The first kappa shape index (κ1) is 15.0. The highest BCUT2D eigenvalue weighted by Gasteiger charge is 2.28. The Morgan fingerprint density at radius 2 is 1.82 bits per heavy atom. The minimum absolute atomic E-state index is 0.174. The molecule has 0 spiro atoms. The van der Waals surface area contributed by atoms with Gasteiger partial charge in [-0.2, -0.15) is 0 Å². The van der Waals surface area contributed by atoms with Crippen molar-refractivity contribution in [3.8, 4) is 0 Å². The molecule has 1 rings (SSSR count). The van der Waals surface area contributed by atoms with E-state index in [4.69, 9.17) is 0 Å². The predicted octanol–water partition coefficient (Wildman–Crippen LogP) is 3.29. The average molecular weight is 241 g/mol. The van der Waals surface area contributed by atoms with Crippen LogP contribution in [0.2, 0.25) is 0 Å². The lowest BCUT2D eigenvalue weighted by Crippen LogP contribution is -2.36. The molecule has 2 nitrogen and oxygen atoms in total. The SMILES string of the molecule is CC(O)CC(C)N1CCCC(C(C)(C)C)CC1. The van der Waals surface area contributed by atoms with Crippen LogP contribution >= 0.6 is 0 Å². The van der Waals surface area contributed by atoms with Crippen molar-refractivity contribution in [1.29, 1.82) is 0 Å². The van der Waals surface area contributed by atoms with Gasteiger partial charge in [0.25, 0.3) is 0 Å². The van der Waals surface area contributed by atoms with E-state index in [1.165, 1.54) is 32.4 Å². The maximum Gasteiger partial charge on any atom is 0.0526 e. The van der Waals surface area contributed by atoms with Crippen LogP contribution in [0.25, 0.3) is 0 Å². The van der Waals surface area contributed by atoms with E-state index in [-0.39, 0.29) is 6.10 Å². The van der Waals surface area contributed by atoms with Crippen LogP contribution in [-0.4, -0.2) is 35.2 Å². The molecule has 1 N–H and O–H groups in total. The van der Waals surface area contributed by atoms with Crippen LogP contribution in [-0.2, 0) is 0 Å². The van der Waals surface area contributed by atoms with E-state index in [1.54, 1.807) is 0 Å². The van der Waals surface area contributed by atoms with Crippen molar-refractivity contribution < 1.29 is 5.11 Å². The van der Waals surface area contributed by atoms with Gasteiger partial charge < -0.3 is 10.0 Å². The monoisotopic (exact) mass is 241 g/mol. The molecule has 0 bridgehead atoms. The van der Waals surface area contributed by atoms with Crippen molar-refractivity contribution in [2.45, 2.75) is 72.4 Å². The molecule has 0 amide bonds. The molecule has 2 heteroatoms. The molecule has 0 aromatic rings. The van der Waals surface area contributed by atoms with E-state index in [0.29, 0.717) is 11.5 Å². The quantitative estimate of drug-likeness (QED) is 0.819. The van der Waals surface area contributed by atoms with Gasteiger partial charge in [-0.05, 0) is 64.0 Å². The van der Waals surface area contributed by atoms with Gasteiger partial charge in [0.1, 0.15) is 0 Å². The molecule has 3 atom stereocenters. The number of hydrogen-bond acceptors (Lipinski definition) is 2. The summed E-state index contributed by atoms with van der Waals surface area (Å²) in [7, 11) is 0. The maximum atomic E-state index is 9.48. The zero-order valence-corrected chi connectivity index (χ0v) is 12.4. The van der Waals surface area contributed by atoms with Crippen molar-refractivity contribution in [1.82, 2.24) is 4.90 Å². The lowest BCUT2D eigenvalue weighted by Gasteiger charge is -2.31. The number of rotatable bonds is 3. The molecule has 1 aliphatic rings. The van der Waals surface area contributed by atoms with E-state index in [2.05, 4.69) is 32.6 Å². The van der Waals surface area contributed by atoms with E-state index in [1.807, 2.05) is 6.92 Å². The average Bonchev–Trinajstić information content (AvgIpc) is 2.40. The molecule has 0 aromatic carbocycles. The summed E-state index contributed by atoms with van der Waals surface area (Å²) in [6.45, 7) is 13.7. The molecule has 0 radical (unpaired) electrons. The summed E-state index contributed by atoms with van der Waals surface area (Å²) in [5, 5.41) is 9.48. The van der Waals surface area contributed by atoms with Crippen LogP contribution in [0, 0.1) is 11.3 Å². The summed E-state index contributed by atoms with van der Waals surface area (Å²) in [4.78, 5) is 2.57. The summed E-state index contributed by atoms with van der Waals surface area (Å²) >= 11 is 0. The molecule has 1 aliphatic heterocycles. The summed E-state index contributed by atoms with van der Waals surface area (Å²) in [6, 6.07) is 0.522. The Bertz CT molecular complexity index is 219. The van der Waals surface area contributed by atoms with Crippen molar-refractivity contribution in [2.24, 2.45) is 11.3 Å². The first-order valence-corrected chi connectivity index (χ1v) is 7.23. The highest BCUT2D eigenvalue weighted by atomic mass is 16.3. The molecule has 1 saturated heterocycles. The highest BCUT2D eigenvalue weighted by molar-refractivity contribution is 4.81.